The van der Waals surface area contributed by atoms with Gasteiger partial charge in [0.1, 0.15) is 11.5 Å². The lowest BCUT2D eigenvalue weighted by atomic mass is 9.94. The van der Waals surface area contributed by atoms with E-state index in [1.165, 1.54) is 33.3 Å². The van der Waals surface area contributed by atoms with Crippen LogP contribution < -0.4 is 18.9 Å². The molecule has 2 aromatic carbocycles. The molecule has 9 nitrogen and oxygen atoms in total. The standard InChI is InChI=1S/C27H32BrNO8/c1-15(2)37-11-7-10-29-23(17-13-20(34-4)26(36-6)21(14-17)35-5)22(25(31)27(29)32)24(30)16-8-9-19(33-3)18(28)12-16/h8-9,12-15,23,30H,7,10-11H2,1-6H3/b24-22+. The first-order valence-electron chi connectivity index (χ1n) is 11.7. The predicted octanol–water partition coefficient (Wildman–Crippen LogP) is 4.72. The van der Waals surface area contributed by atoms with Gasteiger partial charge in [-0.1, -0.05) is 0 Å². The largest absolute Gasteiger partial charge is 0.507 e. The Labute approximate surface area is 225 Å². The van der Waals surface area contributed by atoms with Crippen molar-refractivity contribution in [3.05, 3.63) is 51.5 Å². The van der Waals surface area contributed by atoms with E-state index in [4.69, 9.17) is 23.7 Å². The summed E-state index contributed by atoms with van der Waals surface area (Å²) in [6.07, 6.45) is 0.537. The Morgan fingerprint density at radius 3 is 2.11 bits per heavy atom. The number of ketones is 1. The first-order chi connectivity index (χ1) is 17.7. The Bertz CT molecular complexity index is 1170. The average Bonchev–Trinajstić information content (AvgIpc) is 3.14. The number of carbonyl (C=O) groups is 2. The second kappa shape index (κ2) is 12.3. The van der Waals surface area contributed by atoms with E-state index in [1.807, 2.05) is 13.8 Å². The first-order valence-corrected chi connectivity index (χ1v) is 12.5. The minimum Gasteiger partial charge on any atom is -0.507 e. The minimum atomic E-state index is -0.895. The van der Waals surface area contributed by atoms with E-state index in [0.717, 1.165) is 0 Å². The van der Waals surface area contributed by atoms with Crippen molar-refractivity contribution in [3.8, 4) is 23.0 Å². The molecule has 37 heavy (non-hydrogen) atoms. The van der Waals surface area contributed by atoms with Gasteiger partial charge in [0.05, 0.1) is 50.6 Å². The molecular formula is C27H32BrNO8. The molecule has 1 aliphatic rings. The van der Waals surface area contributed by atoms with Gasteiger partial charge in [0.25, 0.3) is 11.7 Å². The molecule has 0 saturated carbocycles. The Morgan fingerprint density at radius 2 is 1.59 bits per heavy atom. The maximum atomic E-state index is 13.3. The summed E-state index contributed by atoms with van der Waals surface area (Å²) in [5, 5.41) is 11.4. The topological polar surface area (TPSA) is 104 Å². The normalized spacial score (nSPS) is 16.9. The molecule has 200 valence electrons. The van der Waals surface area contributed by atoms with E-state index in [0.29, 0.717) is 51.6 Å². The zero-order valence-electron chi connectivity index (χ0n) is 21.8. The Kier molecular flexibility index (Phi) is 9.45. The molecule has 0 aliphatic carbocycles. The fourth-order valence-electron chi connectivity index (χ4n) is 4.24. The molecule has 1 amide bonds. The number of ether oxygens (including phenoxy) is 5. The zero-order valence-corrected chi connectivity index (χ0v) is 23.4. The molecule has 0 spiro atoms. The highest BCUT2D eigenvalue weighted by Crippen LogP contribution is 2.46. The molecule has 1 aliphatic heterocycles. The van der Waals surface area contributed by atoms with Crippen molar-refractivity contribution in [2.75, 3.05) is 41.6 Å². The van der Waals surface area contributed by atoms with Gasteiger partial charge in [-0.25, -0.2) is 0 Å². The average molecular weight is 578 g/mol. The second-order valence-corrected chi connectivity index (χ2v) is 9.43. The third-order valence-electron chi connectivity index (χ3n) is 5.96. The number of amides is 1. The number of hydrogen-bond donors (Lipinski definition) is 1. The highest BCUT2D eigenvalue weighted by Gasteiger charge is 2.46. The van der Waals surface area contributed by atoms with Crippen molar-refractivity contribution in [3.63, 3.8) is 0 Å². The van der Waals surface area contributed by atoms with E-state index in [2.05, 4.69) is 15.9 Å². The summed E-state index contributed by atoms with van der Waals surface area (Å²) >= 11 is 3.41. The number of likely N-dealkylation sites (tertiary alicyclic amines) is 1. The third-order valence-corrected chi connectivity index (χ3v) is 6.58. The number of nitrogens with zero attached hydrogens (tertiary/aromatic N) is 1. The number of carbonyl (C=O) groups excluding carboxylic acids is 2. The highest BCUT2D eigenvalue weighted by molar-refractivity contribution is 9.10. The number of halogens is 1. The summed E-state index contributed by atoms with van der Waals surface area (Å²) in [5.41, 5.74) is 0.833. The third kappa shape index (κ3) is 5.86. The molecule has 2 aromatic rings. The van der Waals surface area contributed by atoms with Gasteiger partial charge < -0.3 is 33.7 Å². The Balaban J connectivity index is 2.19. The van der Waals surface area contributed by atoms with Crippen LogP contribution in [0.25, 0.3) is 5.76 Å². The van der Waals surface area contributed by atoms with Crippen LogP contribution in [0, 0.1) is 0 Å². The summed E-state index contributed by atoms with van der Waals surface area (Å²) in [6.45, 7) is 4.50. The molecule has 1 atom stereocenters. The van der Waals surface area contributed by atoms with Gasteiger partial charge in [0.2, 0.25) is 5.75 Å². The lowest BCUT2D eigenvalue weighted by Crippen LogP contribution is -2.31. The predicted molar refractivity (Wildman–Crippen MR) is 142 cm³/mol. The van der Waals surface area contributed by atoms with Crippen LogP contribution in [0.5, 0.6) is 23.0 Å². The lowest BCUT2D eigenvalue weighted by Gasteiger charge is -2.26. The van der Waals surface area contributed by atoms with Crippen molar-refractivity contribution in [1.29, 1.82) is 0 Å². The maximum Gasteiger partial charge on any atom is 0.295 e. The smallest absolute Gasteiger partial charge is 0.295 e. The van der Waals surface area contributed by atoms with Crippen molar-refractivity contribution in [2.45, 2.75) is 32.4 Å². The number of rotatable bonds is 11. The minimum absolute atomic E-state index is 0.0369. The molecule has 1 fully saturated rings. The monoisotopic (exact) mass is 577 g/mol. The van der Waals surface area contributed by atoms with Gasteiger partial charge in [-0.05, 0) is 72.1 Å². The number of benzene rings is 2. The SMILES string of the molecule is COc1ccc(/C(O)=C2\C(=O)C(=O)N(CCCOC(C)C)C2c2cc(OC)c(OC)c(OC)c2)cc1Br. The zero-order chi connectivity index (χ0) is 27.3. The van der Waals surface area contributed by atoms with E-state index in [9.17, 15) is 14.7 Å². The number of methoxy groups -OCH3 is 4. The molecule has 3 rings (SSSR count). The summed E-state index contributed by atoms with van der Waals surface area (Å²) in [4.78, 5) is 28.0. The highest BCUT2D eigenvalue weighted by atomic mass is 79.9. The molecule has 1 heterocycles. The Morgan fingerprint density at radius 1 is 0.973 bits per heavy atom. The number of hydrogen-bond acceptors (Lipinski definition) is 8. The Hall–Kier alpha value is -3.24. The fraction of sp³-hybridized carbons (Fsp3) is 0.407. The summed E-state index contributed by atoms with van der Waals surface area (Å²) in [5.74, 6) is -0.152. The van der Waals surface area contributed by atoms with E-state index in [1.54, 1.807) is 30.3 Å². The lowest BCUT2D eigenvalue weighted by molar-refractivity contribution is -0.140. The summed E-state index contributed by atoms with van der Waals surface area (Å²) in [6, 6.07) is 7.36. The van der Waals surface area contributed by atoms with Crippen molar-refractivity contribution < 1.29 is 38.4 Å². The number of Topliss-reactive ketones (excluding diaryl/α,β-unsaturated/α-hetero) is 1. The van der Waals surface area contributed by atoms with Crippen LogP contribution in [0.2, 0.25) is 0 Å². The van der Waals surface area contributed by atoms with E-state index >= 15 is 0 Å². The van der Waals surface area contributed by atoms with E-state index < -0.39 is 17.7 Å². The maximum absolute atomic E-state index is 13.3. The molecule has 0 bridgehead atoms. The molecule has 0 radical (unpaired) electrons. The van der Waals surface area contributed by atoms with Crippen LogP contribution in [0.1, 0.15) is 37.4 Å². The van der Waals surface area contributed by atoms with Crippen LogP contribution in [0.15, 0.2) is 40.4 Å². The van der Waals surface area contributed by atoms with Gasteiger partial charge in [-0.3, -0.25) is 9.59 Å². The van der Waals surface area contributed by atoms with Gasteiger partial charge in [-0.2, -0.15) is 0 Å². The summed E-state index contributed by atoms with van der Waals surface area (Å²) in [7, 11) is 5.98. The number of aliphatic hydroxyl groups excluding tert-OH is 1. The first kappa shape index (κ1) is 28.3. The van der Waals surface area contributed by atoms with Gasteiger partial charge >= 0.3 is 0 Å². The van der Waals surface area contributed by atoms with Gasteiger partial charge in [-0.15, -0.1) is 0 Å². The molecule has 1 N–H and O–H groups in total. The van der Waals surface area contributed by atoms with Gasteiger partial charge in [0.15, 0.2) is 11.5 Å². The molecule has 1 saturated heterocycles. The van der Waals surface area contributed by atoms with Crippen molar-refractivity contribution >= 4 is 33.4 Å². The van der Waals surface area contributed by atoms with Crippen LogP contribution in [-0.2, 0) is 14.3 Å². The van der Waals surface area contributed by atoms with Crippen LogP contribution in [-0.4, -0.2) is 69.4 Å². The van der Waals surface area contributed by atoms with Crippen LogP contribution in [0.4, 0.5) is 0 Å². The van der Waals surface area contributed by atoms with Gasteiger partial charge in [0, 0.05) is 18.7 Å². The van der Waals surface area contributed by atoms with E-state index in [-0.39, 0.29) is 24.0 Å². The second-order valence-electron chi connectivity index (χ2n) is 8.57. The summed E-state index contributed by atoms with van der Waals surface area (Å²) < 4.78 is 27.9. The van der Waals surface area contributed by atoms with Crippen molar-refractivity contribution in [2.24, 2.45) is 0 Å². The fourth-order valence-corrected chi connectivity index (χ4v) is 4.78. The molecular weight excluding hydrogens is 546 g/mol. The number of aliphatic hydroxyl groups is 1. The molecule has 10 heteroatoms. The molecule has 1 unspecified atom stereocenters. The quantitative estimate of drug-likeness (QED) is 0.177. The van der Waals surface area contributed by atoms with Crippen LogP contribution >= 0.6 is 15.9 Å². The molecule has 0 aromatic heterocycles. The van der Waals surface area contributed by atoms with Crippen molar-refractivity contribution in [1.82, 2.24) is 4.90 Å². The van der Waals surface area contributed by atoms with Crippen LogP contribution in [0.3, 0.4) is 0 Å².